The van der Waals surface area contributed by atoms with Crippen LogP contribution in [0.5, 0.6) is 0 Å². The molecule has 0 aromatic carbocycles. The van der Waals surface area contributed by atoms with E-state index in [0.717, 1.165) is 25.1 Å². The van der Waals surface area contributed by atoms with Crippen molar-refractivity contribution in [3.05, 3.63) is 11.3 Å². The van der Waals surface area contributed by atoms with Gasteiger partial charge in [0.05, 0.1) is 5.69 Å². The predicted molar refractivity (Wildman–Crippen MR) is 71.0 cm³/mol. The lowest BCUT2D eigenvalue weighted by atomic mass is 10.2. The molecule has 0 saturated heterocycles. The number of hydrogen-bond donors (Lipinski definition) is 2. The Hall–Kier alpha value is -1.17. The average Bonchev–Trinajstić information content (AvgIpc) is 2.53. The summed E-state index contributed by atoms with van der Waals surface area (Å²) in [6.07, 6.45) is 4.25. The molecule has 5 nitrogen and oxygen atoms in total. The van der Waals surface area contributed by atoms with E-state index in [1.165, 1.54) is 0 Å². The molecule has 0 bridgehead atoms. The Bertz CT molecular complexity index is 390. The number of rotatable bonds is 7. The first-order chi connectivity index (χ1) is 8.07. The third-order valence-corrected chi connectivity index (χ3v) is 3.20. The average molecular weight is 257 g/mol. The largest absolute Gasteiger partial charge is 0.477 e. The molecule has 0 amide bonds. The molecule has 0 aliphatic carbocycles. The Labute approximate surface area is 106 Å². The van der Waals surface area contributed by atoms with Crippen LogP contribution in [0.2, 0.25) is 0 Å². The number of carbonyl (C=O) groups is 1. The number of anilines is 1. The molecule has 1 heterocycles. The lowest BCUT2D eigenvalue weighted by Gasteiger charge is -2.07. The second kappa shape index (κ2) is 6.54. The number of carboxylic acid groups (broad SMARTS) is 1. The number of nitrogens with zero attached hydrogens (tertiary/aromatic N) is 2. The first-order valence-corrected chi connectivity index (χ1v) is 6.97. The van der Waals surface area contributed by atoms with E-state index in [1.54, 1.807) is 18.7 Å². The summed E-state index contributed by atoms with van der Waals surface area (Å²) in [5.41, 5.74) is 0.823. The van der Waals surface area contributed by atoms with Gasteiger partial charge in [0.1, 0.15) is 11.4 Å². The van der Waals surface area contributed by atoms with Gasteiger partial charge in [0.25, 0.3) is 0 Å². The third kappa shape index (κ3) is 3.66. The van der Waals surface area contributed by atoms with E-state index < -0.39 is 5.97 Å². The minimum atomic E-state index is -0.929. The first-order valence-electron chi connectivity index (χ1n) is 5.57. The summed E-state index contributed by atoms with van der Waals surface area (Å²) in [6, 6.07) is 0. The summed E-state index contributed by atoms with van der Waals surface area (Å²) in [5, 5.41) is 16.4. The second-order valence-corrected chi connectivity index (χ2v) is 4.85. The van der Waals surface area contributed by atoms with Gasteiger partial charge >= 0.3 is 5.97 Å². The Morgan fingerprint density at radius 3 is 2.82 bits per heavy atom. The van der Waals surface area contributed by atoms with Crippen LogP contribution in [0.25, 0.3) is 0 Å². The molecule has 0 fully saturated rings. The lowest BCUT2D eigenvalue weighted by Crippen LogP contribution is -2.10. The molecule has 2 N–H and O–H groups in total. The van der Waals surface area contributed by atoms with Crippen LogP contribution in [-0.4, -0.2) is 39.4 Å². The van der Waals surface area contributed by atoms with Gasteiger partial charge in [0, 0.05) is 13.6 Å². The Morgan fingerprint density at radius 1 is 1.53 bits per heavy atom. The van der Waals surface area contributed by atoms with Crippen LogP contribution >= 0.6 is 11.8 Å². The van der Waals surface area contributed by atoms with Gasteiger partial charge in [-0.3, -0.25) is 4.68 Å². The van der Waals surface area contributed by atoms with Crippen molar-refractivity contribution in [3.8, 4) is 0 Å². The quantitative estimate of drug-likeness (QED) is 0.731. The molecule has 1 aromatic rings. The zero-order chi connectivity index (χ0) is 12.8. The molecule has 96 valence electrons. The van der Waals surface area contributed by atoms with Crippen LogP contribution in [-0.2, 0) is 7.05 Å². The zero-order valence-corrected chi connectivity index (χ0v) is 11.3. The minimum Gasteiger partial charge on any atom is -0.477 e. The fourth-order valence-electron chi connectivity index (χ4n) is 1.70. The summed E-state index contributed by atoms with van der Waals surface area (Å²) < 4.78 is 1.59. The number of aromatic carboxylic acids is 1. The summed E-state index contributed by atoms with van der Waals surface area (Å²) in [6.45, 7) is 2.49. The van der Waals surface area contributed by atoms with Crippen LogP contribution in [0.1, 0.15) is 28.9 Å². The molecule has 1 aromatic heterocycles. The standard InChI is InChI=1S/C11H19N3O2S/c1-8-9(11(15)16)10(14(2)13-8)12-6-4-5-7-17-3/h12H,4-7H2,1-3H3,(H,15,16). The molecule has 0 radical (unpaired) electrons. The molecule has 0 aliphatic rings. The van der Waals surface area contributed by atoms with Gasteiger partial charge < -0.3 is 10.4 Å². The number of nitrogens with one attached hydrogen (secondary N) is 1. The zero-order valence-electron chi connectivity index (χ0n) is 10.5. The number of carboxylic acids is 1. The van der Waals surface area contributed by atoms with Crippen molar-refractivity contribution >= 4 is 23.5 Å². The van der Waals surface area contributed by atoms with Crippen LogP contribution in [0, 0.1) is 6.92 Å². The van der Waals surface area contributed by atoms with Crippen molar-refractivity contribution < 1.29 is 9.90 Å². The highest BCUT2D eigenvalue weighted by Crippen LogP contribution is 2.18. The van der Waals surface area contributed by atoms with E-state index in [0.29, 0.717) is 11.5 Å². The van der Waals surface area contributed by atoms with Crippen molar-refractivity contribution in [1.82, 2.24) is 9.78 Å². The molecule has 0 atom stereocenters. The van der Waals surface area contributed by atoms with Gasteiger partial charge in [-0.15, -0.1) is 0 Å². The maximum absolute atomic E-state index is 11.1. The second-order valence-electron chi connectivity index (χ2n) is 3.86. The van der Waals surface area contributed by atoms with Gasteiger partial charge in [-0.25, -0.2) is 4.79 Å². The Balaban J connectivity index is 2.61. The van der Waals surface area contributed by atoms with Crippen LogP contribution < -0.4 is 5.32 Å². The number of aromatic nitrogens is 2. The van der Waals surface area contributed by atoms with E-state index in [1.807, 2.05) is 11.8 Å². The van der Waals surface area contributed by atoms with Crippen molar-refractivity contribution in [2.45, 2.75) is 19.8 Å². The minimum absolute atomic E-state index is 0.275. The third-order valence-electron chi connectivity index (χ3n) is 2.50. The monoisotopic (exact) mass is 257 g/mol. The SMILES string of the molecule is CSCCCCNc1c(C(=O)O)c(C)nn1C. The van der Waals surface area contributed by atoms with E-state index >= 15 is 0 Å². The van der Waals surface area contributed by atoms with E-state index in [-0.39, 0.29) is 5.56 Å². The molecule has 6 heteroatoms. The Kier molecular flexibility index (Phi) is 5.34. The van der Waals surface area contributed by atoms with Gasteiger partial charge in [-0.05, 0) is 31.8 Å². The first kappa shape index (κ1) is 13.9. The number of thioether (sulfide) groups is 1. The molecule has 0 saturated carbocycles. The van der Waals surface area contributed by atoms with Gasteiger partial charge in [-0.2, -0.15) is 16.9 Å². The highest BCUT2D eigenvalue weighted by molar-refractivity contribution is 7.98. The van der Waals surface area contributed by atoms with Crippen molar-refractivity contribution in [3.63, 3.8) is 0 Å². The normalized spacial score (nSPS) is 10.5. The summed E-state index contributed by atoms with van der Waals surface area (Å²) >= 11 is 1.82. The van der Waals surface area contributed by atoms with Crippen LogP contribution in [0.15, 0.2) is 0 Å². The molecule has 17 heavy (non-hydrogen) atoms. The highest BCUT2D eigenvalue weighted by Gasteiger charge is 2.18. The fraction of sp³-hybridized carbons (Fsp3) is 0.636. The number of hydrogen-bond acceptors (Lipinski definition) is 4. The molecule has 0 spiro atoms. The van der Waals surface area contributed by atoms with E-state index in [9.17, 15) is 4.79 Å². The molecule has 0 unspecified atom stereocenters. The number of unbranched alkanes of at least 4 members (excludes halogenated alkanes) is 1. The van der Waals surface area contributed by atoms with E-state index in [2.05, 4.69) is 16.7 Å². The molecular weight excluding hydrogens is 238 g/mol. The molecule has 0 aliphatic heterocycles. The topological polar surface area (TPSA) is 67.2 Å². The Morgan fingerprint density at radius 2 is 2.24 bits per heavy atom. The maximum atomic E-state index is 11.1. The summed E-state index contributed by atoms with van der Waals surface area (Å²) in [7, 11) is 1.75. The number of aryl methyl sites for hydroxylation is 2. The van der Waals surface area contributed by atoms with Crippen LogP contribution in [0.3, 0.4) is 0 Å². The van der Waals surface area contributed by atoms with Gasteiger partial charge in [0.15, 0.2) is 0 Å². The predicted octanol–water partition coefficient (Wildman–Crippen LogP) is 1.98. The fourth-order valence-corrected chi connectivity index (χ4v) is 2.19. The van der Waals surface area contributed by atoms with Crippen molar-refractivity contribution in [1.29, 1.82) is 0 Å². The summed E-state index contributed by atoms with van der Waals surface area (Å²) in [4.78, 5) is 11.1. The molecular formula is C11H19N3O2S. The molecule has 1 rings (SSSR count). The van der Waals surface area contributed by atoms with Gasteiger partial charge in [0.2, 0.25) is 0 Å². The maximum Gasteiger partial charge on any atom is 0.341 e. The highest BCUT2D eigenvalue weighted by atomic mass is 32.2. The van der Waals surface area contributed by atoms with Crippen molar-refractivity contribution in [2.24, 2.45) is 7.05 Å². The smallest absolute Gasteiger partial charge is 0.341 e. The van der Waals surface area contributed by atoms with Crippen molar-refractivity contribution in [2.75, 3.05) is 23.9 Å². The lowest BCUT2D eigenvalue weighted by molar-refractivity contribution is 0.0697. The van der Waals surface area contributed by atoms with Crippen LogP contribution in [0.4, 0.5) is 5.82 Å². The summed E-state index contributed by atoms with van der Waals surface area (Å²) in [5.74, 6) is 0.805. The van der Waals surface area contributed by atoms with Gasteiger partial charge in [-0.1, -0.05) is 0 Å². The van der Waals surface area contributed by atoms with E-state index in [4.69, 9.17) is 5.11 Å².